The van der Waals surface area contributed by atoms with Crippen molar-refractivity contribution in [2.45, 2.75) is 25.9 Å². The van der Waals surface area contributed by atoms with Gasteiger partial charge in [-0.05, 0) is 37.3 Å². The van der Waals surface area contributed by atoms with Crippen LogP contribution in [0.5, 0.6) is 0 Å². The minimum absolute atomic E-state index is 0.0600. The number of amides is 2. The second-order valence-corrected chi connectivity index (χ2v) is 5.21. The lowest BCUT2D eigenvalue weighted by atomic mass is 10.2. The van der Waals surface area contributed by atoms with Gasteiger partial charge in [-0.2, -0.15) is 5.10 Å². The van der Waals surface area contributed by atoms with E-state index < -0.39 is 5.82 Å². The maximum Gasteiger partial charge on any atom is 0.251 e. The van der Waals surface area contributed by atoms with Crippen molar-refractivity contribution < 1.29 is 14.0 Å². The second kappa shape index (κ2) is 8.07. The fourth-order valence-electron chi connectivity index (χ4n) is 2.07. The van der Waals surface area contributed by atoms with Gasteiger partial charge in [0.15, 0.2) is 0 Å². The van der Waals surface area contributed by atoms with Gasteiger partial charge in [-0.15, -0.1) is 0 Å². The predicted molar refractivity (Wildman–Crippen MR) is 83.2 cm³/mol. The van der Waals surface area contributed by atoms with Gasteiger partial charge in [-0.3, -0.25) is 14.3 Å². The van der Waals surface area contributed by atoms with Gasteiger partial charge < -0.3 is 10.6 Å². The summed E-state index contributed by atoms with van der Waals surface area (Å²) >= 11 is 0. The van der Waals surface area contributed by atoms with Gasteiger partial charge in [0.2, 0.25) is 5.91 Å². The second-order valence-electron chi connectivity index (χ2n) is 5.21. The molecule has 1 aromatic heterocycles. The molecule has 2 rings (SSSR count). The Morgan fingerprint density at radius 2 is 2.04 bits per heavy atom. The number of hydrogen-bond acceptors (Lipinski definition) is 3. The number of benzene rings is 1. The molecule has 0 bridgehead atoms. The van der Waals surface area contributed by atoms with E-state index in [0.717, 1.165) is 0 Å². The van der Waals surface area contributed by atoms with Crippen molar-refractivity contribution in [2.75, 3.05) is 6.54 Å². The fraction of sp³-hybridized carbons (Fsp3) is 0.312. The summed E-state index contributed by atoms with van der Waals surface area (Å²) in [5.74, 6) is -0.876. The Morgan fingerprint density at radius 1 is 1.30 bits per heavy atom. The minimum atomic E-state index is -0.396. The highest BCUT2D eigenvalue weighted by Crippen LogP contribution is 2.02. The Kier molecular flexibility index (Phi) is 5.85. The maximum atomic E-state index is 12.8. The van der Waals surface area contributed by atoms with Gasteiger partial charge in [0, 0.05) is 37.0 Å². The van der Waals surface area contributed by atoms with Gasteiger partial charge in [0.05, 0.1) is 6.54 Å². The summed E-state index contributed by atoms with van der Waals surface area (Å²) in [6, 6.07) is 7.00. The zero-order chi connectivity index (χ0) is 16.7. The SMILES string of the molecule is CC(Cn1cccn1)NC(=O)CCNC(=O)c1ccc(F)cc1. The van der Waals surface area contributed by atoms with Crippen molar-refractivity contribution in [3.63, 3.8) is 0 Å². The van der Waals surface area contributed by atoms with Crippen LogP contribution in [-0.2, 0) is 11.3 Å². The van der Waals surface area contributed by atoms with E-state index in [2.05, 4.69) is 15.7 Å². The van der Waals surface area contributed by atoms with Gasteiger partial charge in [0.25, 0.3) is 5.91 Å². The standard InChI is InChI=1S/C16H19FN4O2/c1-12(11-21-10-2-8-19-21)20-15(22)7-9-18-16(23)13-3-5-14(17)6-4-13/h2-6,8,10,12H,7,9,11H2,1H3,(H,18,23)(H,20,22). The molecule has 0 fully saturated rings. The molecule has 0 spiro atoms. The van der Waals surface area contributed by atoms with E-state index in [4.69, 9.17) is 0 Å². The van der Waals surface area contributed by atoms with E-state index in [1.54, 1.807) is 10.9 Å². The highest BCUT2D eigenvalue weighted by molar-refractivity contribution is 5.94. The quantitative estimate of drug-likeness (QED) is 0.809. The van der Waals surface area contributed by atoms with Crippen LogP contribution in [0.25, 0.3) is 0 Å². The van der Waals surface area contributed by atoms with Crippen LogP contribution in [-0.4, -0.2) is 34.2 Å². The molecule has 23 heavy (non-hydrogen) atoms. The molecule has 1 unspecified atom stereocenters. The van der Waals surface area contributed by atoms with Crippen LogP contribution in [0, 0.1) is 5.82 Å². The van der Waals surface area contributed by atoms with Gasteiger partial charge in [-0.1, -0.05) is 0 Å². The zero-order valence-corrected chi connectivity index (χ0v) is 12.8. The molecule has 0 aliphatic rings. The molecule has 1 aromatic carbocycles. The average molecular weight is 318 g/mol. The monoisotopic (exact) mass is 318 g/mol. The van der Waals surface area contributed by atoms with E-state index in [1.165, 1.54) is 24.3 Å². The first-order valence-electron chi connectivity index (χ1n) is 7.35. The molecule has 6 nitrogen and oxygen atoms in total. The number of carbonyl (C=O) groups excluding carboxylic acids is 2. The number of nitrogens with zero attached hydrogens (tertiary/aromatic N) is 2. The Balaban J connectivity index is 1.68. The van der Waals surface area contributed by atoms with Crippen molar-refractivity contribution in [1.29, 1.82) is 0 Å². The molecule has 1 atom stereocenters. The Hall–Kier alpha value is -2.70. The summed E-state index contributed by atoms with van der Waals surface area (Å²) in [4.78, 5) is 23.6. The van der Waals surface area contributed by atoms with Crippen LogP contribution < -0.4 is 10.6 Å². The molecule has 122 valence electrons. The van der Waals surface area contributed by atoms with Crippen molar-refractivity contribution in [1.82, 2.24) is 20.4 Å². The molecule has 2 N–H and O–H groups in total. The van der Waals surface area contributed by atoms with Gasteiger partial charge in [0.1, 0.15) is 5.82 Å². The molecule has 0 aliphatic heterocycles. The summed E-state index contributed by atoms with van der Waals surface area (Å²) in [5.41, 5.74) is 0.360. The van der Waals surface area contributed by atoms with Crippen molar-refractivity contribution >= 4 is 11.8 Å². The molecular weight excluding hydrogens is 299 g/mol. The number of rotatable bonds is 7. The smallest absolute Gasteiger partial charge is 0.251 e. The van der Waals surface area contributed by atoms with Crippen molar-refractivity contribution in [3.8, 4) is 0 Å². The highest BCUT2D eigenvalue weighted by Gasteiger charge is 2.09. The highest BCUT2D eigenvalue weighted by atomic mass is 19.1. The Morgan fingerprint density at radius 3 is 2.70 bits per heavy atom. The molecule has 1 heterocycles. The van der Waals surface area contributed by atoms with Crippen LogP contribution in [0.15, 0.2) is 42.7 Å². The number of hydrogen-bond donors (Lipinski definition) is 2. The predicted octanol–water partition coefficient (Wildman–Crippen LogP) is 1.35. The van der Waals surface area contributed by atoms with E-state index in [0.29, 0.717) is 12.1 Å². The molecular formula is C16H19FN4O2. The summed E-state index contributed by atoms with van der Waals surface area (Å²) in [6.45, 7) is 2.69. The van der Waals surface area contributed by atoms with Crippen LogP contribution in [0.1, 0.15) is 23.7 Å². The average Bonchev–Trinajstić information content (AvgIpc) is 3.00. The first kappa shape index (κ1) is 16.7. The summed E-state index contributed by atoms with van der Waals surface area (Å²) in [5, 5.41) is 9.54. The molecule has 0 radical (unpaired) electrons. The van der Waals surface area contributed by atoms with Crippen LogP contribution >= 0.6 is 0 Å². The van der Waals surface area contributed by atoms with Gasteiger partial charge in [-0.25, -0.2) is 4.39 Å². The van der Waals surface area contributed by atoms with Crippen molar-refractivity contribution in [3.05, 3.63) is 54.1 Å². The molecule has 2 amide bonds. The molecule has 0 saturated carbocycles. The normalized spacial score (nSPS) is 11.7. The lowest BCUT2D eigenvalue weighted by molar-refractivity contribution is -0.121. The van der Waals surface area contributed by atoms with E-state index in [1.807, 2.05) is 19.2 Å². The number of halogens is 1. The Labute approximate surface area is 133 Å². The largest absolute Gasteiger partial charge is 0.352 e. The number of nitrogens with one attached hydrogen (secondary N) is 2. The third-order valence-electron chi connectivity index (χ3n) is 3.17. The fourth-order valence-corrected chi connectivity index (χ4v) is 2.07. The molecule has 7 heteroatoms. The summed E-state index contributed by atoms with van der Waals surface area (Å²) in [7, 11) is 0. The summed E-state index contributed by atoms with van der Waals surface area (Å²) in [6.07, 6.45) is 3.68. The number of aromatic nitrogens is 2. The first-order valence-corrected chi connectivity index (χ1v) is 7.35. The topological polar surface area (TPSA) is 76.0 Å². The summed E-state index contributed by atoms with van der Waals surface area (Å²) < 4.78 is 14.5. The lowest BCUT2D eigenvalue weighted by Crippen LogP contribution is -2.37. The first-order chi connectivity index (χ1) is 11.0. The lowest BCUT2D eigenvalue weighted by Gasteiger charge is -2.14. The molecule has 0 aliphatic carbocycles. The van der Waals surface area contributed by atoms with E-state index in [9.17, 15) is 14.0 Å². The van der Waals surface area contributed by atoms with Gasteiger partial charge >= 0.3 is 0 Å². The van der Waals surface area contributed by atoms with Crippen LogP contribution in [0.2, 0.25) is 0 Å². The van der Waals surface area contributed by atoms with E-state index in [-0.39, 0.29) is 30.8 Å². The third-order valence-corrected chi connectivity index (χ3v) is 3.17. The van der Waals surface area contributed by atoms with E-state index >= 15 is 0 Å². The minimum Gasteiger partial charge on any atom is -0.352 e. The number of carbonyl (C=O) groups is 2. The molecule has 0 saturated heterocycles. The van der Waals surface area contributed by atoms with Crippen LogP contribution in [0.3, 0.4) is 0 Å². The van der Waals surface area contributed by atoms with Crippen LogP contribution in [0.4, 0.5) is 4.39 Å². The molecule has 2 aromatic rings. The zero-order valence-electron chi connectivity index (χ0n) is 12.8. The maximum absolute atomic E-state index is 12.8. The van der Waals surface area contributed by atoms with Crippen molar-refractivity contribution in [2.24, 2.45) is 0 Å². The Bertz CT molecular complexity index is 641. The third kappa shape index (κ3) is 5.54.